The lowest BCUT2D eigenvalue weighted by Gasteiger charge is -2.22. The van der Waals surface area contributed by atoms with Crippen LogP contribution in [0.25, 0.3) is 0 Å². The van der Waals surface area contributed by atoms with Gasteiger partial charge >= 0.3 is 0 Å². The highest BCUT2D eigenvalue weighted by atomic mass is 35.5. The molecule has 21 heavy (non-hydrogen) atoms. The van der Waals surface area contributed by atoms with Crippen LogP contribution in [0.5, 0.6) is 0 Å². The van der Waals surface area contributed by atoms with Gasteiger partial charge in [-0.25, -0.2) is 0 Å². The van der Waals surface area contributed by atoms with Gasteiger partial charge in [0.1, 0.15) is 0 Å². The van der Waals surface area contributed by atoms with Crippen molar-refractivity contribution in [3.63, 3.8) is 0 Å². The Morgan fingerprint density at radius 3 is 2.14 bits per heavy atom. The molecule has 0 saturated carbocycles. The predicted octanol–water partition coefficient (Wildman–Crippen LogP) is 3.73. The molecule has 0 saturated heterocycles. The fourth-order valence-corrected chi connectivity index (χ4v) is 4.30. The molecule has 114 valence electrons. The fraction of sp³-hybridized carbons (Fsp3) is 0.375. The van der Waals surface area contributed by atoms with Crippen molar-refractivity contribution in [2.45, 2.75) is 32.5 Å². The maximum atomic E-state index is 12.6. The Kier molecular flexibility index (Phi) is 6.36. The van der Waals surface area contributed by atoms with E-state index in [2.05, 4.69) is 0 Å². The summed E-state index contributed by atoms with van der Waals surface area (Å²) >= 11 is 5.55. The van der Waals surface area contributed by atoms with Crippen molar-refractivity contribution >= 4 is 30.7 Å². The lowest BCUT2D eigenvalue weighted by Crippen LogP contribution is -2.33. The molecule has 3 nitrogen and oxygen atoms in total. The number of allylic oxidation sites excluding steroid dienone is 2. The SMILES string of the molecule is CO/C(C(=O)Cl)=C(/C(=O)CCc1ccccc1)[Si](C)(C)C. The standard InChI is InChI=1S/C16H21ClO3Si/c1-20-14(16(17)19)15(21(2,3)4)13(18)11-10-12-8-6-5-7-9-12/h5-9H,10-11H2,1-4H3/b15-14-. The minimum Gasteiger partial charge on any atom is -0.492 e. The van der Waals surface area contributed by atoms with Crippen molar-refractivity contribution in [3.8, 4) is 0 Å². The average molecular weight is 325 g/mol. The van der Waals surface area contributed by atoms with Gasteiger partial charge in [0.05, 0.1) is 15.2 Å². The average Bonchev–Trinajstić information content (AvgIpc) is 2.41. The maximum Gasteiger partial charge on any atom is 0.287 e. The Labute approximate surface area is 132 Å². The molecule has 0 bridgehead atoms. The quantitative estimate of drug-likeness (QED) is 0.332. The first kappa shape index (κ1) is 17.7. The third-order valence-electron chi connectivity index (χ3n) is 3.12. The van der Waals surface area contributed by atoms with Gasteiger partial charge in [0.15, 0.2) is 11.5 Å². The highest BCUT2D eigenvalue weighted by molar-refractivity contribution is 6.88. The molecule has 0 aliphatic heterocycles. The van der Waals surface area contributed by atoms with E-state index in [-0.39, 0.29) is 11.5 Å². The first-order chi connectivity index (χ1) is 9.77. The number of hydrogen-bond acceptors (Lipinski definition) is 3. The zero-order valence-electron chi connectivity index (χ0n) is 12.9. The lowest BCUT2D eigenvalue weighted by atomic mass is 10.1. The monoisotopic (exact) mass is 324 g/mol. The molecule has 5 heteroatoms. The van der Waals surface area contributed by atoms with Gasteiger partial charge in [-0.05, 0) is 23.6 Å². The summed E-state index contributed by atoms with van der Waals surface area (Å²) in [6.45, 7) is 6.00. The van der Waals surface area contributed by atoms with Crippen LogP contribution in [-0.4, -0.2) is 26.2 Å². The van der Waals surface area contributed by atoms with E-state index in [0.29, 0.717) is 18.0 Å². The lowest BCUT2D eigenvalue weighted by molar-refractivity contribution is -0.116. The van der Waals surface area contributed by atoms with Crippen LogP contribution in [0, 0.1) is 0 Å². The zero-order chi connectivity index (χ0) is 16.0. The van der Waals surface area contributed by atoms with Gasteiger partial charge in [0.25, 0.3) is 5.24 Å². The number of methoxy groups -OCH3 is 1. The molecule has 0 fully saturated rings. The second-order valence-electron chi connectivity index (χ2n) is 5.84. The Balaban J connectivity index is 3.00. The van der Waals surface area contributed by atoms with Gasteiger partial charge in [0, 0.05) is 11.6 Å². The molecule has 0 N–H and O–H groups in total. The summed E-state index contributed by atoms with van der Waals surface area (Å²) in [5, 5.41) is -0.219. The number of aryl methyl sites for hydroxylation is 1. The van der Waals surface area contributed by atoms with Crippen LogP contribution in [-0.2, 0) is 20.7 Å². The van der Waals surface area contributed by atoms with E-state index in [0.717, 1.165) is 5.56 Å². The summed E-state index contributed by atoms with van der Waals surface area (Å²) in [6, 6.07) is 9.79. The maximum absolute atomic E-state index is 12.6. The van der Waals surface area contributed by atoms with E-state index in [4.69, 9.17) is 16.3 Å². The molecule has 1 aromatic rings. The Morgan fingerprint density at radius 1 is 1.14 bits per heavy atom. The number of ketones is 1. The van der Waals surface area contributed by atoms with E-state index >= 15 is 0 Å². The molecule has 1 aromatic carbocycles. The van der Waals surface area contributed by atoms with Gasteiger partial charge < -0.3 is 4.74 Å². The summed E-state index contributed by atoms with van der Waals surface area (Å²) in [5.74, 6) is -0.0437. The number of halogens is 1. The second kappa shape index (κ2) is 7.57. The van der Waals surface area contributed by atoms with E-state index < -0.39 is 13.3 Å². The molecule has 1 rings (SSSR count). The van der Waals surface area contributed by atoms with Gasteiger partial charge in [-0.2, -0.15) is 0 Å². The number of hydrogen-bond donors (Lipinski definition) is 0. The molecule has 0 heterocycles. The smallest absolute Gasteiger partial charge is 0.287 e. The van der Waals surface area contributed by atoms with Crippen molar-refractivity contribution in [2.75, 3.05) is 7.11 Å². The number of rotatable bonds is 7. The minimum absolute atomic E-state index is 0.00824. The normalized spacial score (nSPS) is 12.6. The van der Waals surface area contributed by atoms with Gasteiger partial charge in [0.2, 0.25) is 0 Å². The Morgan fingerprint density at radius 2 is 1.71 bits per heavy atom. The molecular weight excluding hydrogens is 304 g/mol. The number of Topliss-reactive ketones (excluding diaryl/α,β-unsaturated/α-hetero) is 1. The van der Waals surface area contributed by atoms with E-state index in [1.54, 1.807) is 0 Å². The number of carbonyl (C=O) groups is 2. The molecule has 0 aromatic heterocycles. The molecule has 0 radical (unpaired) electrons. The molecular formula is C16H21ClO3Si. The largest absolute Gasteiger partial charge is 0.492 e. The van der Waals surface area contributed by atoms with Crippen molar-refractivity contribution in [1.29, 1.82) is 0 Å². The second-order valence-corrected chi connectivity index (χ2v) is 11.2. The number of ether oxygens (including phenoxy) is 1. The highest BCUT2D eigenvalue weighted by Gasteiger charge is 2.32. The minimum atomic E-state index is -2.03. The van der Waals surface area contributed by atoms with Gasteiger partial charge in [-0.15, -0.1) is 0 Å². The molecule has 0 aliphatic carbocycles. The molecule has 0 aliphatic rings. The molecule has 0 atom stereocenters. The van der Waals surface area contributed by atoms with Crippen LogP contribution in [0.3, 0.4) is 0 Å². The van der Waals surface area contributed by atoms with Crippen LogP contribution >= 0.6 is 11.6 Å². The van der Waals surface area contributed by atoms with Crippen LogP contribution < -0.4 is 0 Å². The molecule has 0 spiro atoms. The topological polar surface area (TPSA) is 43.4 Å². The summed E-state index contributed by atoms with van der Waals surface area (Å²) in [5.41, 5.74) is 1.09. The number of carbonyl (C=O) groups excluding carboxylic acids is 2. The first-order valence-corrected chi connectivity index (χ1v) is 10.7. The fourth-order valence-electron chi connectivity index (χ4n) is 2.19. The third kappa shape index (κ3) is 5.14. The molecule has 0 unspecified atom stereocenters. The van der Waals surface area contributed by atoms with Crippen LogP contribution in [0.15, 0.2) is 41.3 Å². The van der Waals surface area contributed by atoms with Crippen molar-refractivity contribution in [3.05, 3.63) is 46.9 Å². The van der Waals surface area contributed by atoms with Crippen LogP contribution in [0.4, 0.5) is 0 Å². The Bertz CT molecular complexity index is 544. The summed E-state index contributed by atoms with van der Waals surface area (Å²) < 4.78 is 5.09. The summed E-state index contributed by atoms with van der Waals surface area (Å²) in [7, 11) is -0.660. The number of benzene rings is 1. The van der Waals surface area contributed by atoms with E-state index in [1.807, 2.05) is 50.0 Å². The van der Waals surface area contributed by atoms with Crippen LogP contribution in [0.2, 0.25) is 19.6 Å². The van der Waals surface area contributed by atoms with Crippen molar-refractivity contribution < 1.29 is 14.3 Å². The Hall–Kier alpha value is -1.39. The summed E-state index contributed by atoms with van der Waals surface area (Å²) in [4.78, 5) is 24.0. The van der Waals surface area contributed by atoms with Gasteiger partial charge in [-0.1, -0.05) is 50.0 Å². The van der Waals surface area contributed by atoms with E-state index in [9.17, 15) is 9.59 Å². The van der Waals surface area contributed by atoms with Gasteiger partial charge in [-0.3, -0.25) is 9.59 Å². The highest BCUT2D eigenvalue weighted by Crippen LogP contribution is 2.24. The molecule has 0 amide bonds. The van der Waals surface area contributed by atoms with Crippen LogP contribution in [0.1, 0.15) is 12.0 Å². The van der Waals surface area contributed by atoms with Crippen molar-refractivity contribution in [2.24, 2.45) is 0 Å². The van der Waals surface area contributed by atoms with Crippen molar-refractivity contribution in [1.82, 2.24) is 0 Å². The zero-order valence-corrected chi connectivity index (χ0v) is 14.7. The summed E-state index contributed by atoms with van der Waals surface area (Å²) in [6.07, 6.45) is 0.988. The predicted molar refractivity (Wildman–Crippen MR) is 88.0 cm³/mol. The third-order valence-corrected chi connectivity index (χ3v) is 5.30. The van der Waals surface area contributed by atoms with E-state index in [1.165, 1.54) is 7.11 Å². The first-order valence-electron chi connectivity index (χ1n) is 6.83.